The van der Waals surface area contributed by atoms with Crippen LogP contribution >= 0.6 is 11.6 Å². The highest BCUT2D eigenvalue weighted by Gasteiger charge is 2.20. The van der Waals surface area contributed by atoms with Gasteiger partial charge in [-0.15, -0.1) is 11.6 Å². The van der Waals surface area contributed by atoms with E-state index in [4.69, 9.17) is 16.4 Å². The van der Waals surface area contributed by atoms with Gasteiger partial charge < -0.3 is 4.84 Å². The summed E-state index contributed by atoms with van der Waals surface area (Å²) >= 11 is 6.44. The molecular formula is C16H22ClNO2. The van der Waals surface area contributed by atoms with E-state index in [1.165, 1.54) is 11.1 Å². The van der Waals surface area contributed by atoms with Gasteiger partial charge in [0.05, 0.1) is 4.87 Å². The highest BCUT2D eigenvalue weighted by molar-refractivity contribution is 6.23. The SMILES string of the molecule is C=CC(=O)ONCCCc1c(C)cccc1C(C)(C)Cl. The molecule has 0 unspecified atom stereocenters. The van der Waals surface area contributed by atoms with Crippen molar-refractivity contribution in [2.24, 2.45) is 0 Å². The van der Waals surface area contributed by atoms with E-state index in [1.807, 2.05) is 19.9 Å². The topological polar surface area (TPSA) is 38.3 Å². The summed E-state index contributed by atoms with van der Waals surface area (Å²) in [6, 6.07) is 6.19. The lowest BCUT2D eigenvalue weighted by Gasteiger charge is -2.22. The monoisotopic (exact) mass is 295 g/mol. The molecule has 0 aliphatic rings. The van der Waals surface area contributed by atoms with E-state index >= 15 is 0 Å². The van der Waals surface area contributed by atoms with Crippen molar-refractivity contribution in [3.05, 3.63) is 47.5 Å². The number of hydrogen-bond acceptors (Lipinski definition) is 3. The summed E-state index contributed by atoms with van der Waals surface area (Å²) in [5.74, 6) is -0.469. The fourth-order valence-corrected chi connectivity index (χ4v) is 2.27. The Kier molecular flexibility index (Phi) is 6.24. The second-order valence-electron chi connectivity index (χ2n) is 5.20. The molecule has 1 N–H and O–H groups in total. The Morgan fingerprint density at radius 1 is 1.50 bits per heavy atom. The van der Waals surface area contributed by atoms with Gasteiger partial charge in [0, 0.05) is 12.6 Å². The van der Waals surface area contributed by atoms with Crippen molar-refractivity contribution in [2.75, 3.05) is 6.54 Å². The van der Waals surface area contributed by atoms with Gasteiger partial charge in [-0.3, -0.25) is 0 Å². The third kappa shape index (κ3) is 4.99. The van der Waals surface area contributed by atoms with E-state index in [0.29, 0.717) is 6.54 Å². The van der Waals surface area contributed by atoms with Crippen molar-refractivity contribution in [1.82, 2.24) is 5.48 Å². The van der Waals surface area contributed by atoms with E-state index in [-0.39, 0.29) is 4.87 Å². The first kappa shape index (κ1) is 16.7. The molecular weight excluding hydrogens is 274 g/mol. The van der Waals surface area contributed by atoms with E-state index in [9.17, 15) is 4.79 Å². The van der Waals surface area contributed by atoms with Crippen LogP contribution in [0, 0.1) is 6.92 Å². The lowest BCUT2D eigenvalue weighted by atomic mass is 9.90. The Morgan fingerprint density at radius 3 is 2.80 bits per heavy atom. The van der Waals surface area contributed by atoms with Gasteiger partial charge in [-0.1, -0.05) is 24.8 Å². The van der Waals surface area contributed by atoms with Gasteiger partial charge >= 0.3 is 5.97 Å². The van der Waals surface area contributed by atoms with Gasteiger partial charge in [0.1, 0.15) is 0 Å². The summed E-state index contributed by atoms with van der Waals surface area (Å²) in [6.45, 7) is 10.0. The highest BCUT2D eigenvalue weighted by Crippen LogP contribution is 2.32. The number of hydroxylamine groups is 1. The Labute approximate surface area is 125 Å². The number of rotatable bonds is 7. The average Bonchev–Trinajstić information content (AvgIpc) is 2.38. The molecule has 110 valence electrons. The number of carbonyl (C=O) groups excluding carboxylic acids is 1. The third-order valence-electron chi connectivity index (χ3n) is 3.10. The molecule has 3 nitrogen and oxygen atoms in total. The summed E-state index contributed by atoms with van der Waals surface area (Å²) in [4.78, 5) is 15.2. The molecule has 0 amide bonds. The number of benzene rings is 1. The second-order valence-corrected chi connectivity index (χ2v) is 6.14. The number of hydrogen-bond donors (Lipinski definition) is 1. The number of aryl methyl sites for hydroxylation is 1. The van der Waals surface area contributed by atoms with Gasteiger partial charge in [0.2, 0.25) is 0 Å². The molecule has 1 aromatic rings. The summed E-state index contributed by atoms with van der Waals surface area (Å²) in [6.07, 6.45) is 2.87. The molecule has 0 bridgehead atoms. The zero-order valence-electron chi connectivity index (χ0n) is 12.3. The Morgan fingerprint density at radius 2 is 2.20 bits per heavy atom. The molecule has 0 saturated heterocycles. The number of alkyl halides is 1. The maximum Gasteiger partial charge on any atom is 0.348 e. The van der Waals surface area contributed by atoms with E-state index in [2.05, 4.69) is 31.1 Å². The normalized spacial score (nSPS) is 11.2. The number of nitrogens with one attached hydrogen (secondary N) is 1. The zero-order chi connectivity index (χ0) is 15.2. The molecule has 0 heterocycles. The minimum Gasteiger partial charge on any atom is -0.367 e. The molecule has 20 heavy (non-hydrogen) atoms. The van der Waals surface area contributed by atoms with E-state index < -0.39 is 5.97 Å². The van der Waals surface area contributed by atoms with Crippen LogP contribution < -0.4 is 5.48 Å². The smallest absolute Gasteiger partial charge is 0.348 e. The molecule has 0 aliphatic heterocycles. The van der Waals surface area contributed by atoms with Gasteiger partial charge in [0.25, 0.3) is 0 Å². The summed E-state index contributed by atoms with van der Waals surface area (Å²) in [7, 11) is 0. The zero-order valence-corrected chi connectivity index (χ0v) is 13.1. The van der Waals surface area contributed by atoms with E-state index in [0.717, 1.165) is 24.5 Å². The molecule has 0 aromatic heterocycles. The van der Waals surface area contributed by atoms with Gasteiger partial charge in [-0.05, 0) is 50.3 Å². The van der Waals surface area contributed by atoms with Crippen LogP contribution in [0.3, 0.4) is 0 Å². The minimum absolute atomic E-state index is 0.385. The molecule has 1 aromatic carbocycles. The van der Waals surface area contributed by atoms with Gasteiger partial charge in [0.15, 0.2) is 0 Å². The summed E-state index contributed by atoms with van der Waals surface area (Å²) in [5.41, 5.74) is 6.29. The molecule has 0 aliphatic carbocycles. The fourth-order valence-electron chi connectivity index (χ4n) is 2.09. The van der Waals surface area contributed by atoms with Gasteiger partial charge in [-0.2, -0.15) is 5.48 Å². The first-order valence-corrected chi connectivity index (χ1v) is 7.08. The predicted octanol–water partition coefficient (Wildman–Crippen LogP) is 3.64. The van der Waals surface area contributed by atoms with Crippen molar-refractivity contribution in [3.63, 3.8) is 0 Å². The van der Waals surface area contributed by atoms with Crippen LogP contribution in [0.5, 0.6) is 0 Å². The third-order valence-corrected chi connectivity index (χ3v) is 3.30. The van der Waals surface area contributed by atoms with Crippen LogP contribution in [-0.4, -0.2) is 12.5 Å². The Bertz CT molecular complexity index is 478. The predicted molar refractivity (Wildman–Crippen MR) is 82.7 cm³/mol. The van der Waals surface area contributed by atoms with Crippen LogP contribution in [0.1, 0.15) is 37.0 Å². The highest BCUT2D eigenvalue weighted by atomic mass is 35.5. The largest absolute Gasteiger partial charge is 0.367 e. The van der Waals surface area contributed by atoms with Crippen LogP contribution in [0.2, 0.25) is 0 Å². The van der Waals surface area contributed by atoms with Crippen molar-refractivity contribution in [2.45, 2.75) is 38.5 Å². The first-order chi connectivity index (χ1) is 9.36. The first-order valence-electron chi connectivity index (χ1n) is 6.70. The fraction of sp³-hybridized carbons (Fsp3) is 0.438. The molecule has 0 radical (unpaired) electrons. The van der Waals surface area contributed by atoms with Gasteiger partial charge in [-0.25, -0.2) is 4.79 Å². The second kappa shape index (κ2) is 7.46. The average molecular weight is 296 g/mol. The lowest BCUT2D eigenvalue weighted by Crippen LogP contribution is -2.20. The maximum absolute atomic E-state index is 10.9. The van der Waals surface area contributed by atoms with Crippen molar-refractivity contribution in [1.29, 1.82) is 0 Å². The molecule has 0 atom stereocenters. The number of carbonyl (C=O) groups is 1. The van der Waals surface area contributed by atoms with Crippen LogP contribution in [0.25, 0.3) is 0 Å². The quantitative estimate of drug-likeness (QED) is 0.361. The molecule has 0 spiro atoms. The standard InChI is InChI=1S/C16H22ClNO2/c1-5-15(19)20-18-11-7-9-13-12(2)8-6-10-14(13)16(3,4)17/h5-6,8,10,18H,1,7,9,11H2,2-4H3. The number of halogens is 1. The van der Waals surface area contributed by atoms with Crippen LogP contribution in [0.15, 0.2) is 30.9 Å². The van der Waals surface area contributed by atoms with Crippen LogP contribution in [0.4, 0.5) is 0 Å². The summed E-state index contributed by atoms with van der Waals surface area (Å²) < 4.78 is 0. The van der Waals surface area contributed by atoms with Crippen molar-refractivity contribution in [3.8, 4) is 0 Å². The van der Waals surface area contributed by atoms with E-state index in [1.54, 1.807) is 0 Å². The molecule has 1 rings (SSSR count). The molecule has 0 fully saturated rings. The Balaban J connectivity index is 2.60. The maximum atomic E-state index is 10.9. The summed E-state index contributed by atoms with van der Waals surface area (Å²) in [5, 5.41) is 0. The molecule has 4 heteroatoms. The lowest BCUT2D eigenvalue weighted by molar-refractivity contribution is -0.144. The minimum atomic E-state index is -0.469. The van der Waals surface area contributed by atoms with Crippen LogP contribution in [-0.2, 0) is 20.9 Å². The Hall–Kier alpha value is -1.32. The molecule has 0 saturated carbocycles. The van der Waals surface area contributed by atoms with Crippen molar-refractivity contribution >= 4 is 17.6 Å². The van der Waals surface area contributed by atoms with Crippen molar-refractivity contribution < 1.29 is 9.63 Å².